The van der Waals surface area contributed by atoms with E-state index in [4.69, 9.17) is 5.11 Å². The fourth-order valence-corrected chi connectivity index (χ4v) is 1.58. The predicted molar refractivity (Wildman–Crippen MR) is 43.3 cm³/mol. The minimum Gasteiger partial charge on any atom is -0.395 e. The Morgan fingerprint density at radius 3 is 2.73 bits per heavy atom. The Bertz CT molecular complexity index is 119. The first kappa shape index (κ1) is 8.97. The molecule has 0 spiro atoms. The lowest BCUT2D eigenvalue weighted by Gasteiger charge is -2.17. The maximum Gasteiger partial charge on any atom is 0.0690 e. The molecule has 1 aliphatic rings. The Morgan fingerprint density at radius 1 is 1.55 bits per heavy atom. The average molecular weight is 159 g/mol. The van der Waals surface area contributed by atoms with E-state index in [1.54, 1.807) is 0 Å². The van der Waals surface area contributed by atoms with Gasteiger partial charge >= 0.3 is 0 Å². The van der Waals surface area contributed by atoms with Crippen LogP contribution in [0.15, 0.2) is 0 Å². The second-order valence-corrected chi connectivity index (χ2v) is 3.21. The molecule has 0 bridgehead atoms. The first-order chi connectivity index (χ1) is 5.27. The highest BCUT2D eigenvalue weighted by Crippen LogP contribution is 2.16. The molecule has 1 fully saturated rings. The van der Waals surface area contributed by atoms with Crippen molar-refractivity contribution in [2.24, 2.45) is 0 Å². The first-order valence-corrected chi connectivity index (χ1v) is 4.33. The van der Waals surface area contributed by atoms with E-state index in [0.717, 1.165) is 19.3 Å². The van der Waals surface area contributed by atoms with E-state index < -0.39 is 0 Å². The summed E-state index contributed by atoms with van der Waals surface area (Å²) in [5, 5.41) is 21.4. The van der Waals surface area contributed by atoms with Crippen molar-refractivity contribution in [3.05, 3.63) is 0 Å². The van der Waals surface area contributed by atoms with Crippen molar-refractivity contribution in [3.8, 4) is 0 Å². The van der Waals surface area contributed by atoms with Gasteiger partial charge in [-0.25, -0.2) is 0 Å². The van der Waals surface area contributed by atoms with Gasteiger partial charge in [0.05, 0.1) is 12.7 Å². The van der Waals surface area contributed by atoms with E-state index >= 15 is 0 Å². The number of aliphatic hydroxyl groups is 2. The molecule has 0 radical (unpaired) electrons. The Labute approximate surface area is 67.4 Å². The van der Waals surface area contributed by atoms with Crippen LogP contribution in [0.25, 0.3) is 0 Å². The number of hydrogen-bond donors (Lipinski definition) is 3. The number of nitrogens with one attached hydrogen (secondary N) is 1. The predicted octanol–water partition coefficient (Wildman–Crippen LogP) is -0.130. The average Bonchev–Trinajstić information content (AvgIpc) is 2.50. The zero-order valence-electron chi connectivity index (χ0n) is 6.95. The molecule has 0 aromatic rings. The SMILES string of the molecule is CC[C@H](O)[C@H]1CC[C@@H](CO)N1. The molecule has 0 aromatic heterocycles. The molecule has 0 aromatic carbocycles. The second-order valence-electron chi connectivity index (χ2n) is 3.21. The molecule has 1 heterocycles. The largest absolute Gasteiger partial charge is 0.395 e. The van der Waals surface area contributed by atoms with E-state index in [2.05, 4.69) is 5.32 Å². The fourth-order valence-electron chi connectivity index (χ4n) is 1.58. The molecule has 0 saturated carbocycles. The second kappa shape index (κ2) is 4.04. The summed E-state index contributed by atoms with van der Waals surface area (Å²) in [5.41, 5.74) is 0. The molecular weight excluding hydrogens is 142 g/mol. The summed E-state index contributed by atoms with van der Waals surface area (Å²) in [4.78, 5) is 0. The third kappa shape index (κ3) is 2.15. The molecule has 66 valence electrons. The molecule has 0 aliphatic carbocycles. The lowest BCUT2D eigenvalue weighted by Crippen LogP contribution is -2.39. The van der Waals surface area contributed by atoms with Crippen molar-refractivity contribution >= 4 is 0 Å². The molecule has 1 rings (SSSR count). The standard InChI is InChI=1S/C8H17NO2/c1-2-8(11)7-4-3-6(5-10)9-7/h6-11H,2-5H2,1H3/t6-,7+,8-/m0/s1. The van der Waals surface area contributed by atoms with Crippen molar-refractivity contribution in [2.45, 2.75) is 44.4 Å². The van der Waals surface area contributed by atoms with Crippen LogP contribution >= 0.6 is 0 Å². The van der Waals surface area contributed by atoms with Crippen LogP contribution in [0.1, 0.15) is 26.2 Å². The van der Waals surface area contributed by atoms with E-state index in [9.17, 15) is 5.11 Å². The summed E-state index contributed by atoms with van der Waals surface area (Å²) in [6, 6.07) is 0.415. The van der Waals surface area contributed by atoms with Gasteiger partial charge in [-0.15, -0.1) is 0 Å². The molecule has 11 heavy (non-hydrogen) atoms. The van der Waals surface area contributed by atoms with Crippen molar-refractivity contribution in [1.82, 2.24) is 5.32 Å². The quantitative estimate of drug-likeness (QED) is 0.537. The highest BCUT2D eigenvalue weighted by atomic mass is 16.3. The van der Waals surface area contributed by atoms with Crippen LogP contribution in [-0.2, 0) is 0 Å². The zero-order valence-corrected chi connectivity index (χ0v) is 6.95. The highest BCUT2D eigenvalue weighted by Gasteiger charge is 2.27. The van der Waals surface area contributed by atoms with Crippen LogP contribution in [0.3, 0.4) is 0 Å². The van der Waals surface area contributed by atoms with Crippen LogP contribution in [0.2, 0.25) is 0 Å². The zero-order chi connectivity index (χ0) is 8.27. The van der Waals surface area contributed by atoms with Crippen molar-refractivity contribution in [2.75, 3.05) is 6.61 Å². The monoisotopic (exact) mass is 159 g/mol. The minimum atomic E-state index is -0.244. The summed E-state index contributed by atoms with van der Waals surface area (Å²) in [6.07, 6.45) is 2.51. The molecule has 0 amide bonds. The number of rotatable bonds is 3. The van der Waals surface area contributed by atoms with Gasteiger partial charge in [0.2, 0.25) is 0 Å². The minimum absolute atomic E-state index is 0.187. The Hall–Kier alpha value is -0.120. The summed E-state index contributed by atoms with van der Waals surface area (Å²) in [6.45, 7) is 2.16. The molecule has 3 atom stereocenters. The lowest BCUT2D eigenvalue weighted by molar-refractivity contribution is 0.126. The van der Waals surface area contributed by atoms with Crippen molar-refractivity contribution in [1.29, 1.82) is 0 Å². The van der Waals surface area contributed by atoms with Gasteiger partial charge in [0, 0.05) is 12.1 Å². The smallest absolute Gasteiger partial charge is 0.0690 e. The molecule has 3 heteroatoms. The lowest BCUT2D eigenvalue weighted by atomic mass is 10.1. The van der Waals surface area contributed by atoms with Crippen LogP contribution < -0.4 is 5.32 Å². The van der Waals surface area contributed by atoms with Crippen molar-refractivity contribution < 1.29 is 10.2 Å². The Morgan fingerprint density at radius 2 is 2.27 bits per heavy atom. The van der Waals surface area contributed by atoms with E-state index in [0.29, 0.717) is 0 Å². The van der Waals surface area contributed by atoms with Gasteiger partial charge in [0.15, 0.2) is 0 Å². The topological polar surface area (TPSA) is 52.5 Å². The van der Waals surface area contributed by atoms with Gasteiger partial charge in [-0.3, -0.25) is 0 Å². The summed E-state index contributed by atoms with van der Waals surface area (Å²) < 4.78 is 0. The van der Waals surface area contributed by atoms with Gasteiger partial charge < -0.3 is 15.5 Å². The van der Waals surface area contributed by atoms with Crippen molar-refractivity contribution in [3.63, 3.8) is 0 Å². The molecule has 0 unspecified atom stereocenters. The van der Waals surface area contributed by atoms with Gasteiger partial charge in [-0.05, 0) is 19.3 Å². The maximum absolute atomic E-state index is 9.43. The molecule has 3 N–H and O–H groups in total. The fraction of sp³-hybridized carbons (Fsp3) is 1.00. The van der Waals surface area contributed by atoms with Crippen LogP contribution in [0, 0.1) is 0 Å². The normalized spacial score (nSPS) is 34.1. The van der Waals surface area contributed by atoms with Gasteiger partial charge in [0.1, 0.15) is 0 Å². The number of hydrogen-bond acceptors (Lipinski definition) is 3. The molecule has 1 aliphatic heterocycles. The molecular formula is C8H17NO2. The summed E-state index contributed by atoms with van der Waals surface area (Å²) in [7, 11) is 0. The van der Waals surface area contributed by atoms with Gasteiger partial charge in [0.25, 0.3) is 0 Å². The molecule has 1 saturated heterocycles. The Kier molecular flexibility index (Phi) is 3.30. The van der Waals surface area contributed by atoms with Crippen LogP contribution in [-0.4, -0.2) is 35.0 Å². The number of aliphatic hydroxyl groups excluding tert-OH is 2. The van der Waals surface area contributed by atoms with E-state index in [1.807, 2.05) is 6.92 Å². The van der Waals surface area contributed by atoms with Crippen LogP contribution in [0.4, 0.5) is 0 Å². The van der Waals surface area contributed by atoms with E-state index in [-0.39, 0.29) is 24.8 Å². The molecule has 3 nitrogen and oxygen atoms in total. The van der Waals surface area contributed by atoms with Crippen LogP contribution in [0.5, 0.6) is 0 Å². The first-order valence-electron chi connectivity index (χ1n) is 4.33. The third-order valence-electron chi connectivity index (χ3n) is 2.38. The summed E-state index contributed by atoms with van der Waals surface area (Å²) >= 11 is 0. The Balaban J connectivity index is 2.29. The third-order valence-corrected chi connectivity index (χ3v) is 2.38. The maximum atomic E-state index is 9.43. The highest BCUT2D eigenvalue weighted by molar-refractivity contribution is 4.86. The van der Waals surface area contributed by atoms with Gasteiger partial charge in [-0.2, -0.15) is 0 Å². The van der Waals surface area contributed by atoms with Gasteiger partial charge in [-0.1, -0.05) is 6.92 Å². The van der Waals surface area contributed by atoms with E-state index in [1.165, 1.54) is 0 Å². The summed E-state index contributed by atoms with van der Waals surface area (Å²) in [5.74, 6) is 0.